The maximum atomic E-state index is 12.8. The van der Waals surface area contributed by atoms with E-state index in [0.717, 1.165) is 5.56 Å². The van der Waals surface area contributed by atoms with Gasteiger partial charge >= 0.3 is 0 Å². The number of nitrogens with zero attached hydrogens (tertiary/aromatic N) is 1. The minimum absolute atomic E-state index is 0.264. The molecular weight excluding hydrogens is 388 g/mol. The SMILES string of the molecule is Cc1c(NC(=O)C2Cc3ccccc3C(=O)N2)cccc1C(=O)Nc1nccs1. The summed E-state index contributed by atoms with van der Waals surface area (Å²) in [5, 5.41) is 10.6. The third-order valence-corrected chi connectivity index (χ3v) is 5.49. The van der Waals surface area contributed by atoms with Crippen LogP contribution >= 0.6 is 11.3 Å². The highest BCUT2D eigenvalue weighted by atomic mass is 32.1. The summed E-state index contributed by atoms with van der Waals surface area (Å²) < 4.78 is 0. The van der Waals surface area contributed by atoms with Gasteiger partial charge < -0.3 is 10.6 Å². The Hall–Kier alpha value is -3.52. The Morgan fingerprint density at radius 1 is 1.14 bits per heavy atom. The molecule has 0 bridgehead atoms. The van der Waals surface area contributed by atoms with E-state index >= 15 is 0 Å². The number of hydrogen-bond acceptors (Lipinski definition) is 5. The first-order chi connectivity index (χ1) is 14.0. The monoisotopic (exact) mass is 406 g/mol. The second-order valence-corrected chi connectivity index (χ2v) is 7.54. The van der Waals surface area contributed by atoms with Crippen molar-refractivity contribution in [2.24, 2.45) is 0 Å². The van der Waals surface area contributed by atoms with Gasteiger partial charge in [0.1, 0.15) is 6.04 Å². The van der Waals surface area contributed by atoms with E-state index in [1.54, 1.807) is 48.8 Å². The zero-order valence-electron chi connectivity index (χ0n) is 15.6. The molecule has 1 unspecified atom stereocenters. The highest BCUT2D eigenvalue weighted by Crippen LogP contribution is 2.22. The van der Waals surface area contributed by atoms with E-state index in [4.69, 9.17) is 0 Å². The molecule has 3 amide bonds. The van der Waals surface area contributed by atoms with E-state index < -0.39 is 6.04 Å². The number of aromatic nitrogens is 1. The summed E-state index contributed by atoms with van der Waals surface area (Å²) in [7, 11) is 0. The molecule has 0 fully saturated rings. The van der Waals surface area contributed by atoms with Gasteiger partial charge in [-0.25, -0.2) is 4.98 Å². The van der Waals surface area contributed by atoms with Gasteiger partial charge in [-0.3, -0.25) is 19.7 Å². The minimum atomic E-state index is -0.676. The Labute approximate surface area is 171 Å². The van der Waals surface area contributed by atoms with Gasteiger partial charge in [0.25, 0.3) is 11.8 Å². The van der Waals surface area contributed by atoms with Gasteiger partial charge in [-0.05, 0) is 36.2 Å². The molecule has 1 aromatic heterocycles. The van der Waals surface area contributed by atoms with Gasteiger partial charge in [0.05, 0.1) is 0 Å². The molecule has 7 nitrogen and oxygen atoms in total. The molecule has 0 saturated heterocycles. The number of hydrogen-bond donors (Lipinski definition) is 3. The number of nitrogens with one attached hydrogen (secondary N) is 3. The van der Waals surface area contributed by atoms with Crippen LogP contribution in [0.15, 0.2) is 54.0 Å². The molecule has 2 aromatic carbocycles. The summed E-state index contributed by atoms with van der Waals surface area (Å²) in [6.45, 7) is 1.77. The van der Waals surface area contributed by atoms with Crippen LogP contribution in [-0.4, -0.2) is 28.7 Å². The quantitative estimate of drug-likeness (QED) is 0.620. The normalized spacial score (nSPS) is 15.2. The van der Waals surface area contributed by atoms with Crippen LogP contribution in [0.25, 0.3) is 0 Å². The number of anilines is 2. The lowest BCUT2D eigenvalue weighted by Crippen LogP contribution is -2.48. The molecule has 1 atom stereocenters. The van der Waals surface area contributed by atoms with Gasteiger partial charge in [-0.2, -0.15) is 0 Å². The fourth-order valence-electron chi connectivity index (χ4n) is 3.27. The van der Waals surface area contributed by atoms with Crippen LogP contribution in [0, 0.1) is 6.92 Å². The maximum Gasteiger partial charge on any atom is 0.257 e. The van der Waals surface area contributed by atoms with Crippen molar-refractivity contribution in [2.75, 3.05) is 10.6 Å². The Balaban J connectivity index is 1.50. The van der Waals surface area contributed by atoms with Crippen LogP contribution in [-0.2, 0) is 11.2 Å². The number of amides is 3. The van der Waals surface area contributed by atoms with Gasteiger partial charge in [0.15, 0.2) is 5.13 Å². The van der Waals surface area contributed by atoms with Crippen molar-refractivity contribution < 1.29 is 14.4 Å². The molecular formula is C21H18N4O3S. The van der Waals surface area contributed by atoms with Crippen molar-refractivity contribution in [3.05, 3.63) is 76.3 Å². The third-order valence-electron chi connectivity index (χ3n) is 4.80. The first-order valence-corrected chi connectivity index (χ1v) is 9.91. The minimum Gasteiger partial charge on any atom is -0.340 e. The predicted octanol–water partition coefficient (Wildman–Crippen LogP) is 3.00. The van der Waals surface area contributed by atoms with Crippen molar-refractivity contribution in [3.63, 3.8) is 0 Å². The molecule has 29 heavy (non-hydrogen) atoms. The standard InChI is InChI=1S/C21H18N4O3S/c1-12-14(18(26)25-21-22-9-10-29-21)7-4-8-16(12)23-20(28)17-11-13-5-2-3-6-15(13)19(27)24-17/h2-10,17H,11H2,1H3,(H,23,28)(H,24,27)(H,22,25,26). The first kappa shape index (κ1) is 18.8. The van der Waals surface area contributed by atoms with Crippen molar-refractivity contribution >= 4 is 39.9 Å². The largest absolute Gasteiger partial charge is 0.340 e. The highest BCUT2D eigenvalue weighted by Gasteiger charge is 2.29. The number of thiazole rings is 1. The fraction of sp³-hybridized carbons (Fsp3) is 0.143. The lowest BCUT2D eigenvalue weighted by molar-refractivity contribution is -0.118. The lowest BCUT2D eigenvalue weighted by atomic mass is 9.94. The van der Waals surface area contributed by atoms with Crippen LogP contribution < -0.4 is 16.0 Å². The van der Waals surface area contributed by atoms with Gasteiger partial charge in [0, 0.05) is 34.8 Å². The Morgan fingerprint density at radius 3 is 2.76 bits per heavy atom. The number of fused-ring (bicyclic) bond motifs is 1. The summed E-state index contributed by atoms with van der Waals surface area (Å²) in [6, 6.07) is 11.7. The third kappa shape index (κ3) is 3.88. The van der Waals surface area contributed by atoms with E-state index in [1.807, 2.05) is 12.1 Å². The molecule has 0 aliphatic carbocycles. The number of benzene rings is 2. The molecule has 146 valence electrons. The van der Waals surface area contributed by atoms with Crippen molar-refractivity contribution in [2.45, 2.75) is 19.4 Å². The Bertz CT molecular complexity index is 1100. The van der Waals surface area contributed by atoms with Crippen LogP contribution in [0.4, 0.5) is 10.8 Å². The number of carbonyl (C=O) groups is 3. The molecule has 0 saturated carbocycles. The fourth-order valence-corrected chi connectivity index (χ4v) is 3.80. The molecule has 4 rings (SSSR count). The zero-order chi connectivity index (χ0) is 20.4. The Morgan fingerprint density at radius 2 is 1.97 bits per heavy atom. The predicted molar refractivity (Wildman–Crippen MR) is 111 cm³/mol. The average molecular weight is 406 g/mol. The molecule has 2 heterocycles. The highest BCUT2D eigenvalue weighted by molar-refractivity contribution is 7.13. The summed E-state index contributed by atoms with van der Waals surface area (Å²) in [5.74, 6) is -0.887. The zero-order valence-corrected chi connectivity index (χ0v) is 16.4. The summed E-state index contributed by atoms with van der Waals surface area (Å²) in [6.07, 6.45) is 2.03. The smallest absolute Gasteiger partial charge is 0.257 e. The van der Waals surface area contributed by atoms with E-state index in [0.29, 0.717) is 33.9 Å². The number of rotatable bonds is 4. The van der Waals surface area contributed by atoms with Crippen LogP contribution in [0.2, 0.25) is 0 Å². The average Bonchev–Trinajstić information content (AvgIpc) is 3.22. The van der Waals surface area contributed by atoms with Crippen molar-refractivity contribution in [1.29, 1.82) is 0 Å². The van der Waals surface area contributed by atoms with Gasteiger partial charge in [-0.1, -0.05) is 24.3 Å². The lowest BCUT2D eigenvalue weighted by Gasteiger charge is -2.25. The topological polar surface area (TPSA) is 100 Å². The van der Waals surface area contributed by atoms with E-state index in [2.05, 4.69) is 20.9 Å². The molecule has 3 N–H and O–H groups in total. The van der Waals surface area contributed by atoms with Crippen molar-refractivity contribution in [1.82, 2.24) is 10.3 Å². The second kappa shape index (κ2) is 7.84. The molecule has 3 aromatic rings. The second-order valence-electron chi connectivity index (χ2n) is 6.65. The molecule has 1 aliphatic heterocycles. The van der Waals surface area contributed by atoms with Gasteiger partial charge in [-0.15, -0.1) is 11.3 Å². The van der Waals surface area contributed by atoms with E-state index in [-0.39, 0.29) is 17.7 Å². The van der Waals surface area contributed by atoms with Crippen molar-refractivity contribution in [3.8, 4) is 0 Å². The molecule has 0 spiro atoms. The maximum absolute atomic E-state index is 12.8. The summed E-state index contributed by atoms with van der Waals surface area (Å²) >= 11 is 1.33. The van der Waals surface area contributed by atoms with E-state index in [9.17, 15) is 14.4 Å². The van der Waals surface area contributed by atoms with E-state index in [1.165, 1.54) is 11.3 Å². The van der Waals surface area contributed by atoms with Crippen LogP contribution in [0.3, 0.4) is 0 Å². The summed E-state index contributed by atoms with van der Waals surface area (Å²) in [5.41, 5.74) is 3.03. The Kier molecular flexibility index (Phi) is 5.09. The number of carbonyl (C=O) groups excluding carboxylic acids is 3. The van der Waals surface area contributed by atoms with Crippen LogP contribution in [0.5, 0.6) is 0 Å². The first-order valence-electron chi connectivity index (χ1n) is 9.03. The molecule has 0 radical (unpaired) electrons. The molecule has 1 aliphatic rings. The molecule has 8 heteroatoms. The summed E-state index contributed by atoms with van der Waals surface area (Å²) in [4.78, 5) is 41.6. The van der Waals surface area contributed by atoms with Gasteiger partial charge in [0.2, 0.25) is 5.91 Å². The van der Waals surface area contributed by atoms with Crippen LogP contribution in [0.1, 0.15) is 31.8 Å².